The number of amides is 13. The maximum Gasteiger partial charge on any atom is 0.326 e. The summed E-state index contributed by atoms with van der Waals surface area (Å²) in [7, 11) is 0. The molecule has 604 valence electrons. The Bertz CT molecular complexity index is 3870. The van der Waals surface area contributed by atoms with Crippen molar-refractivity contribution in [1.29, 1.82) is 5.41 Å². The molecule has 3 aromatic carbocycles. The second-order valence-electron chi connectivity index (χ2n) is 26.3. The summed E-state index contributed by atoms with van der Waals surface area (Å²) in [5, 5.41) is 95.8. The van der Waals surface area contributed by atoms with Crippen LogP contribution in [0.5, 0.6) is 11.5 Å². The number of carbonyl (C=O) groups excluding carboxylic acids is 13. The molecular weight excluding hydrogens is 1460 g/mol. The number of aromatic hydroxyl groups is 2. The summed E-state index contributed by atoms with van der Waals surface area (Å²) >= 11 is 0. The van der Waals surface area contributed by atoms with Crippen LogP contribution in [0.4, 0.5) is 0 Å². The van der Waals surface area contributed by atoms with Crippen molar-refractivity contribution >= 4 is 94.7 Å². The van der Waals surface area contributed by atoms with Gasteiger partial charge in [0.05, 0.1) is 43.6 Å². The molecule has 1 fully saturated rings. The lowest BCUT2D eigenvalue weighted by Crippen LogP contribution is -2.62. The minimum absolute atomic E-state index is 0.0697. The van der Waals surface area contributed by atoms with E-state index in [1.807, 2.05) is 0 Å². The van der Waals surface area contributed by atoms with Gasteiger partial charge < -0.3 is 128 Å². The Kier molecular flexibility index (Phi) is 36.0. The quantitative estimate of drug-likeness (QED) is 0.0111. The molecule has 0 spiro atoms. The lowest BCUT2D eigenvalue weighted by atomic mass is 10.0. The molecule has 111 heavy (non-hydrogen) atoms. The van der Waals surface area contributed by atoms with Gasteiger partial charge in [-0.2, -0.15) is 0 Å². The highest BCUT2D eigenvalue weighted by atomic mass is 16.4. The largest absolute Gasteiger partial charge is 0.508 e. The number of primary amides is 2. The number of unbranched alkanes of at least 4 members (excludes halogenated alkanes) is 1. The zero-order valence-electron chi connectivity index (χ0n) is 60.7. The number of aromatic nitrogens is 2. The van der Waals surface area contributed by atoms with Gasteiger partial charge in [0.2, 0.25) is 76.8 Å². The Labute approximate surface area is 635 Å². The number of phenols is 2. The molecule has 0 aliphatic carbocycles. The highest BCUT2D eigenvalue weighted by Gasteiger charge is 2.42. The second kappa shape index (κ2) is 44.8. The third-order valence-electron chi connectivity index (χ3n) is 17.5. The number of carboxylic acids is 2. The number of hydrogen-bond donors (Lipinski definition) is 24. The van der Waals surface area contributed by atoms with Crippen molar-refractivity contribution in [2.24, 2.45) is 28.7 Å². The van der Waals surface area contributed by atoms with Crippen LogP contribution in [0.3, 0.4) is 0 Å². The second-order valence-corrected chi connectivity index (χ2v) is 26.3. The maximum absolute atomic E-state index is 14.6. The number of benzene rings is 3. The van der Waals surface area contributed by atoms with Crippen LogP contribution in [0.1, 0.15) is 99.9 Å². The Morgan fingerprint density at radius 2 is 1.02 bits per heavy atom. The average molecular weight is 1560 g/mol. The number of aromatic amines is 1. The average Bonchev–Trinajstić information content (AvgIpc) is 1.77. The number of hydrogen-bond acceptors (Lipinski definition) is 23. The van der Waals surface area contributed by atoms with Crippen molar-refractivity contribution in [2.75, 3.05) is 26.2 Å². The number of carboxylic acid groups (broad SMARTS) is 2. The molecule has 1 saturated heterocycles. The van der Waals surface area contributed by atoms with E-state index in [1.165, 1.54) is 61.1 Å². The molecule has 0 bridgehead atoms. The van der Waals surface area contributed by atoms with Gasteiger partial charge in [0.15, 0.2) is 5.96 Å². The van der Waals surface area contributed by atoms with E-state index in [0.717, 1.165) is 11.8 Å². The Morgan fingerprint density at radius 3 is 1.52 bits per heavy atom. The van der Waals surface area contributed by atoms with E-state index in [-0.39, 0.29) is 94.6 Å². The van der Waals surface area contributed by atoms with Crippen LogP contribution in [0, 0.1) is 5.41 Å². The molecular formula is C70H98N20O21. The number of guanidine groups is 1. The van der Waals surface area contributed by atoms with E-state index in [0.29, 0.717) is 23.1 Å². The maximum atomic E-state index is 14.6. The summed E-state index contributed by atoms with van der Waals surface area (Å²) in [5.41, 5.74) is 29.3. The Morgan fingerprint density at radius 1 is 0.550 bits per heavy atom. The van der Waals surface area contributed by atoms with Gasteiger partial charge in [0.1, 0.15) is 78.0 Å². The third kappa shape index (κ3) is 30.3. The monoisotopic (exact) mass is 1550 g/mol. The fourth-order valence-corrected chi connectivity index (χ4v) is 11.6. The first-order valence-corrected chi connectivity index (χ1v) is 35.4. The van der Waals surface area contributed by atoms with Gasteiger partial charge in [-0.3, -0.25) is 72.5 Å². The number of nitrogens with two attached hydrogens (primary N) is 5. The number of aliphatic hydroxyl groups is 2. The van der Waals surface area contributed by atoms with Crippen molar-refractivity contribution in [3.05, 3.63) is 114 Å². The SMILES string of the molecule is CC(O)C(NC(=O)C1CCCN1C(=O)C(CCCCN)NC(=O)C(CO)NC(=O)C(Cc1ccc(O)cc1)NC(=O)C(N)CC(N)=O)C(=O)NC(CC(=O)O)C(=O)NC(CCCNC(=N)N)C(=O)NC(CCC(N)=O)C(=O)NC(Cc1ccc(O)cc1)C(=O)NC(Cc1c[nH]cn1)C(=O)NC(Cc1ccccc1)C(=O)O. The van der Waals surface area contributed by atoms with Crippen molar-refractivity contribution in [1.82, 2.24) is 73.4 Å². The van der Waals surface area contributed by atoms with Crippen LogP contribution < -0.4 is 87.2 Å². The molecule has 1 aromatic heterocycles. The van der Waals surface area contributed by atoms with E-state index in [4.69, 9.17) is 34.1 Å². The number of imidazole rings is 1. The zero-order valence-corrected chi connectivity index (χ0v) is 60.7. The molecule has 1 aliphatic heterocycles. The Balaban J connectivity index is 1.36. The van der Waals surface area contributed by atoms with Crippen LogP contribution in [-0.2, 0) is 97.6 Å². The number of rotatable bonds is 47. The molecule has 13 atom stereocenters. The molecule has 0 radical (unpaired) electrons. The van der Waals surface area contributed by atoms with E-state index in [2.05, 4.69) is 68.5 Å². The topological polar surface area (TPSA) is 696 Å². The first kappa shape index (κ1) is 89.3. The Hall–Kier alpha value is -12.4. The molecule has 13 unspecified atom stereocenters. The first-order chi connectivity index (χ1) is 52.7. The number of likely N-dealkylation sites (tertiary alicyclic amines) is 1. The van der Waals surface area contributed by atoms with Gasteiger partial charge in [-0.25, -0.2) is 9.78 Å². The summed E-state index contributed by atoms with van der Waals surface area (Å²) < 4.78 is 0. The first-order valence-electron chi connectivity index (χ1n) is 35.4. The highest BCUT2D eigenvalue weighted by molar-refractivity contribution is 6.01. The number of nitrogens with one attached hydrogen (secondary N) is 13. The van der Waals surface area contributed by atoms with E-state index >= 15 is 0 Å². The minimum Gasteiger partial charge on any atom is -0.508 e. The molecule has 29 N–H and O–H groups in total. The number of carbonyl (C=O) groups is 15. The minimum atomic E-state index is -2.14. The smallest absolute Gasteiger partial charge is 0.326 e. The van der Waals surface area contributed by atoms with Gasteiger partial charge in [0.25, 0.3) is 0 Å². The molecule has 5 rings (SSSR count). The van der Waals surface area contributed by atoms with Crippen LogP contribution in [0.25, 0.3) is 0 Å². The predicted octanol–water partition coefficient (Wildman–Crippen LogP) is -7.28. The van der Waals surface area contributed by atoms with Crippen molar-refractivity contribution in [2.45, 2.75) is 182 Å². The van der Waals surface area contributed by atoms with Gasteiger partial charge >= 0.3 is 11.9 Å². The molecule has 41 heteroatoms. The summed E-state index contributed by atoms with van der Waals surface area (Å²) in [6, 6.07) is -1.18. The lowest BCUT2D eigenvalue weighted by molar-refractivity contribution is -0.144. The number of nitrogens with zero attached hydrogens (tertiary/aromatic N) is 2. The number of aliphatic carboxylic acids is 2. The summed E-state index contributed by atoms with van der Waals surface area (Å²) in [6.45, 7) is -0.135. The molecule has 13 amide bonds. The lowest BCUT2D eigenvalue weighted by Gasteiger charge is -2.31. The zero-order chi connectivity index (χ0) is 82.0. The van der Waals surface area contributed by atoms with Crippen molar-refractivity contribution in [3.8, 4) is 11.5 Å². The number of phenolic OH excluding ortho intramolecular Hbond substituents is 2. The van der Waals surface area contributed by atoms with E-state index < -0.39 is 212 Å². The van der Waals surface area contributed by atoms with Gasteiger partial charge in [-0.1, -0.05) is 54.6 Å². The van der Waals surface area contributed by atoms with Crippen LogP contribution in [-0.4, -0.2) is 245 Å². The van der Waals surface area contributed by atoms with Crippen molar-refractivity contribution < 1.29 is 103 Å². The standard InChI is InChI=1S/C70H98N20O21/c1-36(92)57(89-66(107)53-13-8-26-90(53)68(109)46(11-5-6-24-71)82-65(106)52(34-91)88-62(103)47(27-38-14-18-41(93)19-15-38)83-58(99)43(72)31-55(74)96)67(108)86-50(32-56(97)98)64(105)80-44(12-7-25-78-70(75)76)59(100)81-45(22-23-54(73)95)60(101)84-48(28-39-16-20-42(94)21-17-39)61(102)85-49(30-40-33-77-35-79-40)63(104)87-51(69(110)111)29-37-9-3-2-4-10-37/h2-4,9-10,14-21,33,35-36,43-53,57,91-94H,5-8,11-13,22-32,34,71-72H2,1H3,(H2,73,95)(H2,74,96)(H,77,79)(H,80,105)(H,81,100)(H,82,106)(H,83,99)(H,84,101)(H,85,102)(H,86,108)(H,87,104)(H,88,103)(H,89,107)(H,97,98)(H,110,111)(H4,75,76,78). The molecule has 4 aromatic rings. The molecule has 41 nitrogen and oxygen atoms in total. The van der Waals surface area contributed by atoms with Gasteiger partial charge in [0, 0.05) is 51.4 Å². The van der Waals surface area contributed by atoms with Crippen molar-refractivity contribution in [3.63, 3.8) is 0 Å². The molecule has 1 aliphatic rings. The third-order valence-corrected chi connectivity index (χ3v) is 17.5. The predicted molar refractivity (Wildman–Crippen MR) is 391 cm³/mol. The van der Waals surface area contributed by atoms with Crippen LogP contribution >= 0.6 is 0 Å². The normalized spacial score (nSPS) is 15.6. The van der Waals surface area contributed by atoms with Gasteiger partial charge in [-0.15, -0.1) is 0 Å². The molecule has 0 saturated carbocycles. The van der Waals surface area contributed by atoms with E-state index in [9.17, 15) is 103 Å². The number of aliphatic hydroxyl groups excluding tert-OH is 2. The van der Waals surface area contributed by atoms with Crippen LogP contribution in [0.15, 0.2) is 91.4 Å². The number of H-pyrrole nitrogens is 1. The van der Waals surface area contributed by atoms with Gasteiger partial charge in [-0.05, 0) is 106 Å². The summed E-state index contributed by atoms with van der Waals surface area (Å²) in [5.74, 6) is -18.1. The summed E-state index contributed by atoms with van der Waals surface area (Å²) in [6.07, 6.45) is -3.32. The molecule has 2 heterocycles. The summed E-state index contributed by atoms with van der Waals surface area (Å²) in [4.78, 5) is 213. The fourth-order valence-electron chi connectivity index (χ4n) is 11.6. The van der Waals surface area contributed by atoms with E-state index in [1.54, 1.807) is 30.3 Å². The highest BCUT2D eigenvalue weighted by Crippen LogP contribution is 2.22. The van der Waals surface area contributed by atoms with Crippen LogP contribution in [0.2, 0.25) is 0 Å². The fraction of sp³-hybridized carbons (Fsp3) is 0.471.